The molecule has 1 amide bonds. The summed E-state index contributed by atoms with van der Waals surface area (Å²) in [5, 5.41) is 2.94. The molecule has 0 aliphatic heterocycles. The lowest BCUT2D eigenvalue weighted by Crippen LogP contribution is -2.15. The Morgan fingerprint density at radius 1 is 1.45 bits per heavy atom. The highest BCUT2D eigenvalue weighted by Crippen LogP contribution is 2.25. The maximum Gasteiger partial charge on any atom is 0.275 e. The number of halogens is 2. The quantitative estimate of drug-likeness (QED) is 0.913. The number of rotatable bonds is 4. The normalized spacial score (nSPS) is 10.3. The maximum atomic E-state index is 12.1. The lowest BCUT2D eigenvalue weighted by atomic mass is 10.2. The zero-order chi connectivity index (χ0) is 14.5. The van der Waals surface area contributed by atoms with Crippen LogP contribution in [0.3, 0.4) is 0 Å². The molecule has 2 rings (SSSR count). The number of nitrogens with zero attached hydrogens (tertiary/aromatic N) is 2. The molecule has 20 heavy (non-hydrogen) atoms. The average molecular weight is 357 g/mol. The van der Waals surface area contributed by atoms with Gasteiger partial charge in [-0.1, -0.05) is 33.6 Å². The Hall–Kier alpha value is -1.50. The third kappa shape index (κ3) is 3.53. The van der Waals surface area contributed by atoms with Crippen molar-refractivity contribution in [3.8, 4) is 0 Å². The number of amides is 1. The summed E-state index contributed by atoms with van der Waals surface area (Å²) >= 11 is 9.14. The molecule has 1 aromatic carbocycles. The van der Waals surface area contributed by atoms with Crippen molar-refractivity contribution in [3.05, 3.63) is 51.5 Å². The summed E-state index contributed by atoms with van der Waals surface area (Å²) in [6.07, 6.45) is 2.73. The Morgan fingerprint density at radius 3 is 2.95 bits per heavy atom. The molecule has 0 aliphatic rings. The van der Waals surface area contributed by atoms with Gasteiger partial charge in [0.15, 0.2) is 0 Å². The predicted octanol–water partition coefficient (Wildman–Crippen LogP) is 3.29. The van der Waals surface area contributed by atoms with Gasteiger partial charge in [0.05, 0.1) is 19.0 Å². The SMILES string of the molecule is COCc1c(Br)cccc1NC(=O)c1cncc(Cl)n1. The van der Waals surface area contributed by atoms with Crippen molar-refractivity contribution in [1.82, 2.24) is 9.97 Å². The molecule has 0 atom stereocenters. The standard InChI is InChI=1S/C13H11BrClN3O2/c1-20-7-8-9(14)3-2-4-10(8)18-13(19)11-5-16-6-12(15)17-11/h2-6H,7H2,1H3,(H,18,19). The van der Waals surface area contributed by atoms with Crippen LogP contribution in [0.2, 0.25) is 5.15 Å². The number of hydrogen-bond acceptors (Lipinski definition) is 4. The smallest absolute Gasteiger partial charge is 0.275 e. The first kappa shape index (κ1) is 14.9. The van der Waals surface area contributed by atoms with Crippen molar-refractivity contribution in [2.45, 2.75) is 6.61 Å². The zero-order valence-electron chi connectivity index (χ0n) is 10.6. The first-order chi connectivity index (χ1) is 9.61. The lowest BCUT2D eigenvalue weighted by Gasteiger charge is -2.12. The molecule has 0 aliphatic carbocycles. The highest BCUT2D eigenvalue weighted by atomic mass is 79.9. The maximum absolute atomic E-state index is 12.1. The molecule has 0 saturated heterocycles. The van der Waals surface area contributed by atoms with Crippen LogP contribution in [0, 0.1) is 0 Å². The van der Waals surface area contributed by atoms with Gasteiger partial charge in [-0.15, -0.1) is 0 Å². The van der Waals surface area contributed by atoms with Gasteiger partial charge in [-0.2, -0.15) is 0 Å². The molecule has 0 radical (unpaired) electrons. The molecule has 104 valence electrons. The van der Waals surface area contributed by atoms with Crippen molar-refractivity contribution in [1.29, 1.82) is 0 Å². The number of benzene rings is 1. The van der Waals surface area contributed by atoms with Gasteiger partial charge in [-0.05, 0) is 12.1 Å². The molecular weight excluding hydrogens is 346 g/mol. The van der Waals surface area contributed by atoms with Gasteiger partial charge in [0.1, 0.15) is 10.8 Å². The Balaban J connectivity index is 2.26. The Kier molecular flexibility index (Phi) is 5.05. The van der Waals surface area contributed by atoms with E-state index >= 15 is 0 Å². The second-order valence-electron chi connectivity index (χ2n) is 3.88. The van der Waals surface area contributed by atoms with Gasteiger partial charge in [0.25, 0.3) is 5.91 Å². The van der Waals surface area contributed by atoms with Crippen LogP contribution in [0.5, 0.6) is 0 Å². The van der Waals surface area contributed by atoms with Gasteiger partial charge in [-0.25, -0.2) is 4.98 Å². The van der Waals surface area contributed by atoms with Crippen LogP contribution in [-0.4, -0.2) is 23.0 Å². The topological polar surface area (TPSA) is 64.1 Å². The third-order valence-corrected chi connectivity index (χ3v) is 3.42. The van der Waals surface area contributed by atoms with E-state index in [-0.39, 0.29) is 16.8 Å². The summed E-state index contributed by atoms with van der Waals surface area (Å²) in [5.74, 6) is -0.379. The summed E-state index contributed by atoms with van der Waals surface area (Å²) in [6.45, 7) is 0.373. The van der Waals surface area contributed by atoms with Gasteiger partial charge in [-0.3, -0.25) is 9.78 Å². The molecule has 0 fully saturated rings. The summed E-state index contributed by atoms with van der Waals surface area (Å²) < 4.78 is 5.98. The summed E-state index contributed by atoms with van der Waals surface area (Å²) in [6, 6.07) is 5.49. The van der Waals surface area contributed by atoms with Crippen LogP contribution in [0.15, 0.2) is 35.1 Å². The fraction of sp³-hybridized carbons (Fsp3) is 0.154. The first-order valence-electron chi connectivity index (χ1n) is 5.67. The van der Waals surface area contributed by atoms with Crippen LogP contribution >= 0.6 is 27.5 Å². The van der Waals surface area contributed by atoms with E-state index in [0.717, 1.165) is 10.0 Å². The molecule has 1 N–H and O–H groups in total. The number of hydrogen-bond donors (Lipinski definition) is 1. The van der Waals surface area contributed by atoms with E-state index in [0.29, 0.717) is 12.3 Å². The number of aromatic nitrogens is 2. The van der Waals surface area contributed by atoms with Crippen molar-refractivity contribution >= 4 is 39.1 Å². The molecule has 0 saturated carbocycles. The lowest BCUT2D eigenvalue weighted by molar-refractivity contribution is 0.102. The van der Waals surface area contributed by atoms with E-state index in [1.54, 1.807) is 13.2 Å². The molecule has 0 spiro atoms. The summed E-state index contributed by atoms with van der Waals surface area (Å²) in [5.41, 5.74) is 1.65. The Bertz CT molecular complexity index is 637. The van der Waals surface area contributed by atoms with E-state index in [1.165, 1.54) is 12.4 Å². The van der Waals surface area contributed by atoms with Crippen LogP contribution in [-0.2, 0) is 11.3 Å². The van der Waals surface area contributed by atoms with Crippen molar-refractivity contribution in [3.63, 3.8) is 0 Å². The van der Waals surface area contributed by atoms with Gasteiger partial charge >= 0.3 is 0 Å². The number of carbonyl (C=O) groups excluding carboxylic acids is 1. The van der Waals surface area contributed by atoms with Crippen LogP contribution in [0.25, 0.3) is 0 Å². The molecule has 2 aromatic rings. The average Bonchev–Trinajstić information content (AvgIpc) is 2.42. The second-order valence-corrected chi connectivity index (χ2v) is 5.12. The summed E-state index contributed by atoms with van der Waals surface area (Å²) in [7, 11) is 1.59. The minimum atomic E-state index is -0.379. The molecule has 5 nitrogen and oxygen atoms in total. The number of nitrogens with one attached hydrogen (secondary N) is 1. The molecule has 0 bridgehead atoms. The van der Waals surface area contributed by atoms with Crippen LogP contribution < -0.4 is 5.32 Å². The third-order valence-electron chi connectivity index (χ3n) is 2.49. The molecule has 1 heterocycles. The van der Waals surface area contributed by atoms with Crippen LogP contribution in [0.1, 0.15) is 16.1 Å². The van der Waals surface area contributed by atoms with Crippen LogP contribution in [0.4, 0.5) is 5.69 Å². The van der Waals surface area contributed by atoms with Crippen molar-refractivity contribution in [2.75, 3.05) is 12.4 Å². The predicted molar refractivity (Wildman–Crippen MR) is 79.9 cm³/mol. The van der Waals surface area contributed by atoms with Crippen molar-refractivity contribution < 1.29 is 9.53 Å². The first-order valence-corrected chi connectivity index (χ1v) is 6.84. The van der Waals surface area contributed by atoms with E-state index in [4.69, 9.17) is 16.3 Å². The molecule has 0 unspecified atom stereocenters. The van der Waals surface area contributed by atoms with E-state index in [9.17, 15) is 4.79 Å². The van der Waals surface area contributed by atoms with E-state index < -0.39 is 0 Å². The Morgan fingerprint density at radius 2 is 2.25 bits per heavy atom. The van der Waals surface area contributed by atoms with Crippen molar-refractivity contribution in [2.24, 2.45) is 0 Å². The van der Waals surface area contributed by atoms with E-state index in [2.05, 4.69) is 31.2 Å². The number of methoxy groups -OCH3 is 1. The summed E-state index contributed by atoms with van der Waals surface area (Å²) in [4.78, 5) is 19.9. The highest BCUT2D eigenvalue weighted by Gasteiger charge is 2.13. The minimum Gasteiger partial charge on any atom is -0.380 e. The minimum absolute atomic E-state index is 0.154. The molecule has 1 aromatic heterocycles. The fourth-order valence-electron chi connectivity index (χ4n) is 1.60. The zero-order valence-corrected chi connectivity index (χ0v) is 12.9. The van der Waals surface area contributed by atoms with Gasteiger partial charge in [0, 0.05) is 22.8 Å². The largest absolute Gasteiger partial charge is 0.380 e. The highest BCUT2D eigenvalue weighted by molar-refractivity contribution is 9.10. The second kappa shape index (κ2) is 6.78. The van der Waals surface area contributed by atoms with Gasteiger partial charge in [0.2, 0.25) is 0 Å². The number of carbonyl (C=O) groups is 1. The number of anilines is 1. The van der Waals surface area contributed by atoms with Gasteiger partial charge < -0.3 is 10.1 Å². The Labute approximate surface area is 129 Å². The monoisotopic (exact) mass is 355 g/mol. The van der Waals surface area contributed by atoms with E-state index in [1.807, 2.05) is 12.1 Å². The molecule has 7 heteroatoms. The molecular formula is C13H11BrClN3O2. The fourth-order valence-corrected chi connectivity index (χ4v) is 2.23. The number of ether oxygens (including phenoxy) is 1.